The molecule has 0 saturated carbocycles. The van der Waals surface area contributed by atoms with Crippen LogP contribution >= 0.6 is 0 Å². The van der Waals surface area contributed by atoms with Crippen LogP contribution in [0.4, 0.5) is 0 Å². The van der Waals surface area contributed by atoms with Crippen molar-refractivity contribution in [1.82, 2.24) is 14.8 Å². The lowest BCUT2D eigenvalue weighted by Gasteiger charge is -2.35. The van der Waals surface area contributed by atoms with Crippen molar-refractivity contribution in [3.05, 3.63) is 102 Å². The van der Waals surface area contributed by atoms with Crippen LogP contribution in [0.25, 0.3) is 10.8 Å². The van der Waals surface area contributed by atoms with E-state index in [0.717, 1.165) is 25.2 Å². The number of amides is 1. The van der Waals surface area contributed by atoms with E-state index in [1.165, 1.54) is 16.3 Å². The maximum absolute atomic E-state index is 13.3. The van der Waals surface area contributed by atoms with E-state index in [1.54, 1.807) is 18.5 Å². The number of rotatable bonds is 8. The second kappa shape index (κ2) is 11.2. The number of benzene rings is 3. The molecule has 36 heavy (non-hydrogen) atoms. The van der Waals surface area contributed by atoms with E-state index in [0.29, 0.717) is 43.4 Å². The van der Waals surface area contributed by atoms with Gasteiger partial charge < -0.3 is 14.4 Å². The molecule has 0 spiro atoms. The van der Waals surface area contributed by atoms with Gasteiger partial charge in [0, 0.05) is 50.7 Å². The third-order valence-corrected chi connectivity index (χ3v) is 6.57. The number of ether oxygens (including phenoxy) is 2. The van der Waals surface area contributed by atoms with Gasteiger partial charge in [-0.25, -0.2) is 0 Å². The maximum atomic E-state index is 13.3. The van der Waals surface area contributed by atoms with E-state index in [-0.39, 0.29) is 5.91 Å². The molecule has 0 radical (unpaired) electrons. The minimum absolute atomic E-state index is 0.0291. The molecule has 0 bridgehead atoms. The Balaban J connectivity index is 1.21. The largest absolute Gasteiger partial charge is 0.490 e. The third kappa shape index (κ3) is 5.50. The first-order chi connectivity index (χ1) is 17.7. The van der Waals surface area contributed by atoms with Crippen molar-refractivity contribution in [1.29, 1.82) is 0 Å². The minimum Gasteiger partial charge on any atom is -0.490 e. The van der Waals surface area contributed by atoms with Gasteiger partial charge in [-0.2, -0.15) is 0 Å². The summed E-state index contributed by atoms with van der Waals surface area (Å²) in [5, 5.41) is 2.57. The van der Waals surface area contributed by atoms with Crippen molar-refractivity contribution in [3.63, 3.8) is 0 Å². The number of nitrogens with zero attached hydrogens (tertiary/aromatic N) is 3. The molecular formula is C30H31N3O3. The van der Waals surface area contributed by atoms with E-state index in [2.05, 4.69) is 52.3 Å². The first kappa shape index (κ1) is 23.8. The summed E-state index contributed by atoms with van der Waals surface area (Å²) in [7, 11) is 0. The zero-order chi connectivity index (χ0) is 24.7. The van der Waals surface area contributed by atoms with Crippen LogP contribution in [-0.4, -0.2) is 53.5 Å². The van der Waals surface area contributed by atoms with Gasteiger partial charge in [0.25, 0.3) is 5.91 Å². The van der Waals surface area contributed by atoms with Crippen LogP contribution in [0.3, 0.4) is 0 Å². The van der Waals surface area contributed by atoms with Gasteiger partial charge in [-0.05, 0) is 59.2 Å². The highest BCUT2D eigenvalue weighted by atomic mass is 16.5. The number of carbonyl (C=O) groups is 1. The molecule has 0 atom stereocenters. The van der Waals surface area contributed by atoms with Crippen molar-refractivity contribution < 1.29 is 14.3 Å². The van der Waals surface area contributed by atoms with Crippen molar-refractivity contribution in [2.45, 2.75) is 20.1 Å². The third-order valence-electron chi connectivity index (χ3n) is 6.57. The Kier molecular flexibility index (Phi) is 7.43. The summed E-state index contributed by atoms with van der Waals surface area (Å²) in [6, 6.07) is 24.3. The molecule has 1 aliphatic heterocycles. The lowest BCUT2D eigenvalue weighted by atomic mass is 10.0. The Morgan fingerprint density at radius 3 is 2.44 bits per heavy atom. The number of fused-ring (bicyclic) bond motifs is 1. The Morgan fingerprint density at radius 2 is 1.64 bits per heavy atom. The highest BCUT2D eigenvalue weighted by molar-refractivity contribution is 5.95. The number of aromatic nitrogens is 1. The van der Waals surface area contributed by atoms with Gasteiger partial charge in [0.1, 0.15) is 6.61 Å². The second-order valence-electron chi connectivity index (χ2n) is 8.95. The molecule has 6 nitrogen and oxygen atoms in total. The maximum Gasteiger partial charge on any atom is 0.254 e. The van der Waals surface area contributed by atoms with Crippen LogP contribution in [0.2, 0.25) is 0 Å². The quantitative estimate of drug-likeness (QED) is 0.348. The van der Waals surface area contributed by atoms with E-state index in [4.69, 9.17) is 9.47 Å². The predicted molar refractivity (Wildman–Crippen MR) is 141 cm³/mol. The van der Waals surface area contributed by atoms with Gasteiger partial charge in [-0.3, -0.25) is 14.7 Å². The molecule has 1 fully saturated rings. The van der Waals surface area contributed by atoms with E-state index >= 15 is 0 Å². The summed E-state index contributed by atoms with van der Waals surface area (Å²) in [6.07, 6.45) is 3.48. The van der Waals surface area contributed by atoms with Gasteiger partial charge in [0.05, 0.1) is 6.61 Å². The lowest BCUT2D eigenvalue weighted by Crippen LogP contribution is -2.48. The fourth-order valence-electron chi connectivity index (χ4n) is 4.63. The van der Waals surface area contributed by atoms with Gasteiger partial charge in [0.15, 0.2) is 11.5 Å². The summed E-state index contributed by atoms with van der Waals surface area (Å²) in [5.41, 5.74) is 2.97. The molecule has 0 aliphatic carbocycles. The average Bonchev–Trinajstić information content (AvgIpc) is 2.93. The molecule has 6 heteroatoms. The number of hydrogen-bond donors (Lipinski definition) is 0. The average molecular weight is 482 g/mol. The van der Waals surface area contributed by atoms with Crippen molar-refractivity contribution in [2.75, 3.05) is 32.8 Å². The fraction of sp³-hybridized carbons (Fsp3) is 0.267. The number of pyridine rings is 1. The molecule has 1 saturated heterocycles. The van der Waals surface area contributed by atoms with Crippen molar-refractivity contribution in [2.24, 2.45) is 0 Å². The highest BCUT2D eigenvalue weighted by Gasteiger charge is 2.23. The molecule has 5 rings (SSSR count). The molecule has 0 unspecified atom stereocenters. The Hall–Kier alpha value is -3.90. The Bertz CT molecular complexity index is 1310. The molecule has 1 aliphatic rings. The number of hydrogen-bond acceptors (Lipinski definition) is 5. The van der Waals surface area contributed by atoms with Gasteiger partial charge in [-0.1, -0.05) is 42.5 Å². The number of carbonyl (C=O) groups excluding carboxylic acids is 1. The standard InChI is InChI=1S/C30H31N3O3/c1-2-35-29-20-25(10-11-28(29)36-22-23-12-14-31-15-13-23)30(34)33-18-16-32(17-19-33)21-26-8-5-7-24-6-3-4-9-27(24)26/h3-15,20H,2,16-19,21-22H2,1H3. The normalized spacial score (nSPS) is 14.1. The second-order valence-corrected chi connectivity index (χ2v) is 8.95. The molecule has 3 aromatic carbocycles. The monoisotopic (exact) mass is 481 g/mol. The molecule has 2 heterocycles. The molecule has 1 amide bonds. The minimum atomic E-state index is 0.0291. The van der Waals surface area contributed by atoms with Crippen LogP contribution < -0.4 is 9.47 Å². The van der Waals surface area contributed by atoms with Gasteiger partial charge in [0.2, 0.25) is 0 Å². The van der Waals surface area contributed by atoms with Crippen LogP contribution in [0, 0.1) is 0 Å². The molecular weight excluding hydrogens is 450 g/mol. The fourth-order valence-corrected chi connectivity index (χ4v) is 4.63. The summed E-state index contributed by atoms with van der Waals surface area (Å²) >= 11 is 0. The smallest absolute Gasteiger partial charge is 0.254 e. The topological polar surface area (TPSA) is 54.9 Å². The first-order valence-corrected chi connectivity index (χ1v) is 12.5. The predicted octanol–water partition coefficient (Wildman–Crippen LogP) is 5.17. The Morgan fingerprint density at radius 1 is 0.861 bits per heavy atom. The molecule has 184 valence electrons. The highest BCUT2D eigenvalue weighted by Crippen LogP contribution is 2.30. The van der Waals surface area contributed by atoms with E-state index in [9.17, 15) is 4.79 Å². The summed E-state index contributed by atoms with van der Waals surface area (Å²) in [4.78, 5) is 21.7. The zero-order valence-electron chi connectivity index (χ0n) is 20.6. The lowest BCUT2D eigenvalue weighted by molar-refractivity contribution is 0.0628. The summed E-state index contributed by atoms with van der Waals surface area (Å²) < 4.78 is 11.8. The van der Waals surface area contributed by atoms with Gasteiger partial charge >= 0.3 is 0 Å². The first-order valence-electron chi connectivity index (χ1n) is 12.5. The van der Waals surface area contributed by atoms with E-state index in [1.807, 2.05) is 36.1 Å². The molecule has 4 aromatic rings. The van der Waals surface area contributed by atoms with Crippen molar-refractivity contribution in [3.8, 4) is 11.5 Å². The Labute approximate surface area is 212 Å². The zero-order valence-corrected chi connectivity index (χ0v) is 20.6. The van der Waals surface area contributed by atoms with Crippen LogP contribution in [-0.2, 0) is 13.2 Å². The van der Waals surface area contributed by atoms with Gasteiger partial charge in [-0.15, -0.1) is 0 Å². The summed E-state index contributed by atoms with van der Waals surface area (Å²) in [5.74, 6) is 1.25. The summed E-state index contributed by atoms with van der Waals surface area (Å²) in [6.45, 7) is 6.82. The van der Waals surface area contributed by atoms with E-state index < -0.39 is 0 Å². The number of piperazine rings is 1. The van der Waals surface area contributed by atoms with Crippen LogP contribution in [0.5, 0.6) is 11.5 Å². The van der Waals surface area contributed by atoms with Crippen LogP contribution in [0.15, 0.2) is 85.2 Å². The SMILES string of the molecule is CCOc1cc(C(=O)N2CCN(Cc3cccc4ccccc34)CC2)ccc1OCc1ccncc1. The molecule has 0 N–H and O–H groups in total. The van der Waals surface area contributed by atoms with Crippen LogP contribution in [0.1, 0.15) is 28.4 Å². The molecule has 1 aromatic heterocycles. The van der Waals surface area contributed by atoms with Crippen molar-refractivity contribution >= 4 is 16.7 Å².